The number of esters is 1. The molecule has 3 aromatic rings. The van der Waals surface area contributed by atoms with Gasteiger partial charge in [0.05, 0.1) is 30.1 Å². The minimum absolute atomic E-state index is 0.0577. The summed E-state index contributed by atoms with van der Waals surface area (Å²) in [7, 11) is 1.32. The van der Waals surface area contributed by atoms with E-state index in [0.29, 0.717) is 23.3 Å². The quantitative estimate of drug-likeness (QED) is 0.685. The molecule has 2 aromatic carbocycles. The Morgan fingerprint density at radius 2 is 1.86 bits per heavy atom. The highest BCUT2D eigenvalue weighted by Crippen LogP contribution is 2.43. The van der Waals surface area contributed by atoms with E-state index in [0.717, 1.165) is 21.1 Å². The van der Waals surface area contributed by atoms with Crippen LogP contribution in [-0.2, 0) is 21.5 Å². The summed E-state index contributed by atoms with van der Waals surface area (Å²) in [5, 5.41) is 10.0. The summed E-state index contributed by atoms with van der Waals surface area (Å²) in [4.78, 5) is 38.0. The molecule has 1 aliphatic rings. The molecule has 29 heavy (non-hydrogen) atoms. The predicted octanol–water partition coefficient (Wildman–Crippen LogP) is 3.78. The van der Waals surface area contributed by atoms with Gasteiger partial charge in [-0.15, -0.1) is 0 Å². The van der Waals surface area contributed by atoms with Crippen LogP contribution in [0, 0.1) is 0 Å². The number of anilines is 1. The molecule has 0 saturated heterocycles. The van der Waals surface area contributed by atoms with Gasteiger partial charge in [-0.2, -0.15) is 0 Å². The van der Waals surface area contributed by atoms with Crippen LogP contribution in [-0.4, -0.2) is 34.8 Å². The van der Waals surface area contributed by atoms with Crippen LogP contribution in [0.4, 0.5) is 10.5 Å². The summed E-state index contributed by atoms with van der Waals surface area (Å²) in [5.41, 5.74) is 2.67. The van der Waals surface area contributed by atoms with E-state index in [-0.39, 0.29) is 5.91 Å². The molecule has 1 amide bonds. The fourth-order valence-electron chi connectivity index (χ4n) is 3.89. The number of carboxylic acid groups (broad SMARTS) is 1. The Bertz CT molecular complexity index is 1180. The van der Waals surface area contributed by atoms with E-state index in [1.165, 1.54) is 13.3 Å². The van der Waals surface area contributed by atoms with Gasteiger partial charge in [0.25, 0.3) is 0 Å². The van der Waals surface area contributed by atoms with E-state index in [2.05, 4.69) is 0 Å². The first-order valence-corrected chi connectivity index (χ1v) is 9.12. The Morgan fingerprint density at radius 1 is 1.10 bits per heavy atom. The summed E-state index contributed by atoms with van der Waals surface area (Å²) >= 11 is 0. The topological polar surface area (TPSA) is 88.8 Å². The standard InChI is InChI=1S/C22H20N2O5/c1-22(2)16-6-5-15(19(25)29-3)11-18(16)24(20(22)26)12-13-4-7-17-14(10-13)8-9-23(17)21(27)28/h4-11H,12H2,1-3H3,(H,27,28). The minimum Gasteiger partial charge on any atom is -0.465 e. The third-order valence-electron chi connectivity index (χ3n) is 5.46. The molecule has 1 N–H and O–H groups in total. The number of rotatable bonds is 3. The molecule has 2 heterocycles. The fraction of sp³-hybridized carbons (Fsp3) is 0.227. The number of ether oxygens (including phenoxy) is 1. The van der Waals surface area contributed by atoms with Crippen LogP contribution in [0.15, 0.2) is 48.7 Å². The van der Waals surface area contributed by atoms with Crippen molar-refractivity contribution in [1.82, 2.24) is 4.57 Å². The maximum Gasteiger partial charge on any atom is 0.415 e. The van der Waals surface area contributed by atoms with E-state index >= 15 is 0 Å². The fourth-order valence-corrected chi connectivity index (χ4v) is 3.89. The van der Waals surface area contributed by atoms with Gasteiger partial charge in [0.1, 0.15) is 0 Å². The number of hydrogen-bond donors (Lipinski definition) is 1. The van der Waals surface area contributed by atoms with Crippen LogP contribution < -0.4 is 4.90 Å². The first-order valence-electron chi connectivity index (χ1n) is 9.12. The van der Waals surface area contributed by atoms with Crippen LogP contribution in [0.25, 0.3) is 10.9 Å². The van der Waals surface area contributed by atoms with Crippen LogP contribution in [0.2, 0.25) is 0 Å². The summed E-state index contributed by atoms with van der Waals surface area (Å²) in [6, 6.07) is 12.3. The van der Waals surface area contributed by atoms with E-state index < -0.39 is 17.5 Å². The van der Waals surface area contributed by atoms with E-state index in [4.69, 9.17) is 4.74 Å². The zero-order valence-corrected chi connectivity index (χ0v) is 16.3. The second-order valence-corrected chi connectivity index (χ2v) is 7.60. The number of carbonyl (C=O) groups excluding carboxylic acids is 2. The Morgan fingerprint density at radius 3 is 2.55 bits per heavy atom. The Hall–Kier alpha value is -3.61. The summed E-state index contributed by atoms with van der Waals surface area (Å²) in [6.45, 7) is 4.04. The average Bonchev–Trinajstić information content (AvgIpc) is 3.20. The highest BCUT2D eigenvalue weighted by molar-refractivity contribution is 6.08. The largest absolute Gasteiger partial charge is 0.465 e. The predicted molar refractivity (Wildman–Crippen MR) is 107 cm³/mol. The number of amides is 1. The molecule has 0 atom stereocenters. The molecule has 0 aliphatic carbocycles. The van der Waals surface area contributed by atoms with Gasteiger partial charge >= 0.3 is 12.1 Å². The third-order valence-corrected chi connectivity index (χ3v) is 5.46. The molecule has 0 unspecified atom stereocenters. The van der Waals surface area contributed by atoms with Crippen molar-refractivity contribution in [3.8, 4) is 0 Å². The highest BCUT2D eigenvalue weighted by Gasteiger charge is 2.44. The first-order chi connectivity index (χ1) is 13.7. The molecular formula is C22H20N2O5. The first kappa shape index (κ1) is 18.7. The van der Waals surface area contributed by atoms with Gasteiger partial charge in [-0.05, 0) is 55.3 Å². The molecule has 1 aromatic heterocycles. The van der Waals surface area contributed by atoms with Gasteiger partial charge in [0.15, 0.2) is 0 Å². The van der Waals surface area contributed by atoms with Gasteiger partial charge in [0.2, 0.25) is 5.91 Å². The number of hydrogen-bond acceptors (Lipinski definition) is 4. The van der Waals surface area contributed by atoms with Crippen molar-refractivity contribution in [1.29, 1.82) is 0 Å². The maximum atomic E-state index is 13.1. The summed E-state index contributed by atoms with van der Waals surface area (Å²) in [5.74, 6) is -0.515. The zero-order valence-electron chi connectivity index (χ0n) is 16.3. The van der Waals surface area contributed by atoms with E-state index in [1.54, 1.807) is 35.2 Å². The molecule has 0 saturated carbocycles. The lowest BCUT2D eigenvalue weighted by molar-refractivity contribution is -0.122. The Balaban J connectivity index is 1.74. The van der Waals surface area contributed by atoms with Crippen molar-refractivity contribution in [2.24, 2.45) is 0 Å². The smallest absolute Gasteiger partial charge is 0.415 e. The molecule has 1 aliphatic heterocycles. The number of carbonyl (C=O) groups is 3. The molecule has 7 nitrogen and oxygen atoms in total. The van der Waals surface area contributed by atoms with E-state index in [1.807, 2.05) is 26.0 Å². The normalized spacial score (nSPS) is 14.9. The molecule has 0 fully saturated rings. The summed E-state index contributed by atoms with van der Waals surface area (Å²) in [6.07, 6.45) is 0.451. The van der Waals surface area contributed by atoms with Gasteiger partial charge in [0, 0.05) is 17.3 Å². The van der Waals surface area contributed by atoms with Crippen molar-refractivity contribution in [3.05, 3.63) is 65.4 Å². The second kappa shape index (κ2) is 6.48. The number of aromatic nitrogens is 1. The lowest BCUT2D eigenvalue weighted by atomic mass is 9.86. The van der Waals surface area contributed by atoms with Gasteiger partial charge < -0.3 is 14.7 Å². The van der Waals surface area contributed by atoms with Crippen LogP contribution in [0.1, 0.15) is 35.3 Å². The van der Waals surface area contributed by atoms with Crippen LogP contribution in [0.3, 0.4) is 0 Å². The van der Waals surface area contributed by atoms with Crippen LogP contribution in [0.5, 0.6) is 0 Å². The molecular weight excluding hydrogens is 372 g/mol. The van der Waals surface area contributed by atoms with Crippen molar-refractivity contribution in [2.75, 3.05) is 12.0 Å². The number of fused-ring (bicyclic) bond motifs is 2. The maximum absolute atomic E-state index is 13.1. The van der Waals surface area contributed by atoms with Gasteiger partial charge in [-0.3, -0.25) is 9.36 Å². The number of benzene rings is 2. The van der Waals surface area contributed by atoms with Crippen molar-refractivity contribution in [3.63, 3.8) is 0 Å². The Kier molecular flexibility index (Phi) is 4.19. The molecule has 148 valence electrons. The van der Waals surface area contributed by atoms with Gasteiger partial charge in [-0.1, -0.05) is 12.1 Å². The average molecular weight is 392 g/mol. The number of methoxy groups -OCH3 is 1. The SMILES string of the molecule is COC(=O)c1ccc2c(c1)N(Cc1ccc3c(ccn3C(=O)O)c1)C(=O)C2(C)C. The van der Waals surface area contributed by atoms with Gasteiger partial charge in [-0.25, -0.2) is 9.59 Å². The van der Waals surface area contributed by atoms with E-state index in [9.17, 15) is 19.5 Å². The lowest BCUT2D eigenvalue weighted by Crippen LogP contribution is -2.35. The Labute approximate surface area is 167 Å². The molecule has 0 radical (unpaired) electrons. The minimum atomic E-state index is -1.05. The molecule has 0 spiro atoms. The zero-order chi connectivity index (χ0) is 20.9. The van der Waals surface area contributed by atoms with Crippen molar-refractivity contribution in [2.45, 2.75) is 25.8 Å². The molecule has 0 bridgehead atoms. The number of nitrogens with zero attached hydrogens (tertiary/aromatic N) is 2. The monoisotopic (exact) mass is 392 g/mol. The van der Waals surface area contributed by atoms with Crippen LogP contribution >= 0.6 is 0 Å². The third kappa shape index (κ3) is 2.86. The lowest BCUT2D eigenvalue weighted by Gasteiger charge is -2.20. The van der Waals surface area contributed by atoms with Crippen molar-refractivity contribution >= 4 is 34.6 Å². The van der Waals surface area contributed by atoms with Crippen molar-refractivity contribution < 1.29 is 24.2 Å². The second-order valence-electron chi connectivity index (χ2n) is 7.60. The highest BCUT2D eigenvalue weighted by atomic mass is 16.5. The molecule has 7 heteroatoms. The molecule has 4 rings (SSSR count). The summed E-state index contributed by atoms with van der Waals surface area (Å²) < 4.78 is 5.96.